The Morgan fingerprint density at radius 2 is 1.75 bits per heavy atom. The molecule has 1 fully saturated rings. The molecule has 6 nitrogen and oxygen atoms in total. The summed E-state index contributed by atoms with van der Waals surface area (Å²) in [6, 6.07) is 16.2. The van der Waals surface area contributed by atoms with Crippen molar-refractivity contribution in [2.24, 2.45) is 0 Å². The van der Waals surface area contributed by atoms with Gasteiger partial charge in [-0.1, -0.05) is 24.3 Å². The van der Waals surface area contributed by atoms with Gasteiger partial charge in [0.15, 0.2) is 5.65 Å². The van der Waals surface area contributed by atoms with Crippen LogP contribution >= 0.6 is 0 Å². The van der Waals surface area contributed by atoms with Gasteiger partial charge in [0.25, 0.3) is 0 Å². The normalized spacial score (nSPS) is 20.9. The lowest BCUT2D eigenvalue weighted by Crippen LogP contribution is -2.29. The first-order chi connectivity index (χ1) is 11.8. The molecule has 1 aliphatic carbocycles. The molecule has 2 heterocycles. The van der Waals surface area contributed by atoms with Crippen molar-refractivity contribution in [1.29, 1.82) is 0 Å². The molecule has 0 radical (unpaired) electrons. The lowest BCUT2D eigenvalue weighted by Gasteiger charge is -2.26. The Labute approximate surface area is 140 Å². The highest BCUT2D eigenvalue weighted by Gasteiger charge is 2.20. The maximum atomic E-state index is 9.64. The van der Waals surface area contributed by atoms with Gasteiger partial charge in [0, 0.05) is 11.7 Å². The third-order valence-corrected chi connectivity index (χ3v) is 4.44. The van der Waals surface area contributed by atoms with Crippen molar-refractivity contribution < 1.29 is 5.11 Å². The number of para-hydroxylation sites is 1. The second kappa shape index (κ2) is 6.49. The number of rotatable bonds is 4. The van der Waals surface area contributed by atoms with E-state index in [2.05, 4.69) is 20.7 Å². The zero-order valence-electron chi connectivity index (χ0n) is 13.4. The molecule has 124 valence electrons. The molecule has 3 N–H and O–H groups in total. The molecule has 0 aliphatic heterocycles. The van der Waals surface area contributed by atoms with Crippen molar-refractivity contribution in [3.05, 3.63) is 48.5 Å². The lowest BCUT2D eigenvalue weighted by atomic mass is 9.93. The molecular formula is C18H21N5O. The number of aliphatic hydroxyl groups excluding tert-OH is 1. The first kappa shape index (κ1) is 15.0. The molecule has 0 spiro atoms. The third kappa shape index (κ3) is 3.19. The summed E-state index contributed by atoms with van der Waals surface area (Å²) in [5, 5.41) is 21.0. The van der Waals surface area contributed by atoms with Gasteiger partial charge < -0.3 is 15.7 Å². The number of aromatic nitrogens is 3. The Morgan fingerprint density at radius 3 is 2.54 bits per heavy atom. The summed E-state index contributed by atoms with van der Waals surface area (Å²) in [6.07, 6.45) is 3.51. The van der Waals surface area contributed by atoms with E-state index in [-0.39, 0.29) is 6.10 Å². The molecule has 0 bridgehead atoms. The second-order valence-corrected chi connectivity index (χ2v) is 6.26. The van der Waals surface area contributed by atoms with Crippen LogP contribution in [0.4, 0.5) is 17.5 Å². The zero-order chi connectivity index (χ0) is 16.4. The minimum Gasteiger partial charge on any atom is -0.393 e. The molecule has 1 aliphatic rings. The Bertz CT molecular complexity index is 809. The molecule has 1 aromatic carbocycles. The molecular weight excluding hydrogens is 302 g/mol. The van der Waals surface area contributed by atoms with Crippen LogP contribution in [-0.2, 0) is 0 Å². The highest BCUT2D eigenvalue weighted by atomic mass is 16.3. The average molecular weight is 323 g/mol. The van der Waals surface area contributed by atoms with Crippen molar-refractivity contribution >= 4 is 23.1 Å². The van der Waals surface area contributed by atoms with Gasteiger partial charge in [0.1, 0.15) is 5.82 Å². The quantitative estimate of drug-likeness (QED) is 0.687. The summed E-state index contributed by atoms with van der Waals surface area (Å²) < 4.78 is 1.83. The van der Waals surface area contributed by atoms with E-state index in [9.17, 15) is 5.11 Å². The Kier molecular flexibility index (Phi) is 4.04. The Balaban J connectivity index is 1.56. The van der Waals surface area contributed by atoms with Crippen LogP contribution in [0.5, 0.6) is 0 Å². The van der Waals surface area contributed by atoms with E-state index in [4.69, 9.17) is 0 Å². The van der Waals surface area contributed by atoms with Crippen molar-refractivity contribution in [3.63, 3.8) is 0 Å². The highest BCUT2D eigenvalue weighted by molar-refractivity contribution is 5.57. The molecule has 0 amide bonds. The Morgan fingerprint density at radius 1 is 0.958 bits per heavy atom. The topological polar surface area (TPSA) is 74.5 Å². The fraction of sp³-hybridized carbons (Fsp3) is 0.333. The first-order valence-corrected chi connectivity index (χ1v) is 8.40. The zero-order valence-corrected chi connectivity index (χ0v) is 13.4. The van der Waals surface area contributed by atoms with Crippen LogP contribution in [0.25, 0.3) is 5.65 Å². The molecule has 6 heteroatoms. The van der Waals surface area contributed by atoms with E-state index in [0.717, 1.165) is 42.8 Å². The molecule has 24 heavy (non-hydrogen) atoms. The van der Waals surface area contributed by atoms with Gasteiger partial charge in [0.2, 0.25) is 5.95 Å². The van der Waals surface area contributed by atoms with E-state index in [0.29, 0.717) is 12.0 Å². The molecule has 3 aromatic rings. The first-order valence-electron chi connectivity index (χ1n) is 8.40. The van der Waals surface area contributed by atoms with Crippen LogP contribution < -0.4 is 10.6 Å². The smallest absolute Gasteiger partial charge is 0.247 e. The van der Waals surface area contributed by atoms with Crippen LogP contribution in [0, 0.1) is 0 Å². The second-order valence-electron chi connectivity index (χ2n) is 6.26. The number of hydrogen-bond acceptors (Lipinski definition) is 5. The summed E-state index contributed by atoms with van der Waals surface area (Å²) in [4.78, 5) is 4.53. The molecule has 4 rings (SSSR count). The van der Waals surface area contributed by atoms with Gasteiger partial charge in [-0.05, 0) is 49.9 Å². The molecule has 2 aromatic heterocycles. The Hall–Kier alpha value is -2.60. The molecule has 0 atom stereocenters. The van der Waals surface area contributed by atoms with Crippen molar-refractivity contribution in [2.45, 2.75) is 37.8 Å². The summed E-state index contributed by atoms with van der Waals surface area (Å²) >= 11 is 0. The van der Waals surface area contributed by atoms with Gasteiger partial charge in [-0.25, -0.2) is 0 Å². The summed E-state index contributed by atoms with van der Waals surface area (Å²) in [7, 11) is 0. The van der Waals surface area contributed by atoms with E-state index in [1.54, 1.807) is 0 Å². The van der Waals surface area contributed by atoms with Crippen molar-refractivity contribution in [2.75, 3.05) is 10.6 Å². The maximum absolute atomic E-state index is 9.64. The van der Waals surface area contributed by atoms with E-state index in [1.807, 2.05) is 53.0 Å². The predicted octanol–water partition coefficient (Wildman–Crippen LogP) is 3.19. The number of hydrogen-bond donors (Lipinski definition) is 3. The average Bonchev–Trinajstić information content (AvgIpc) is 3.01. The molecule has 0 unspecified atom stereocenters. The fourth-order valence-electron chi connectivity index (χ4n) is 3.15. The lowest BCUT2D eigenvalue weighted by molar-refractivity contribution is 0.126. The molecule has 1 saturated carbocycles. The predicted molar refractivity (Wildman–Crippen MR) is 94.6 cm³/mol. The largest absolute Gasteiger partial charge is 0.393 e. The van der Waals surface area contributed by atoms with E-state index >= 15 is 0 Å². The standard InChI is InChI=1S/C18H21N5O/c24-15-11-9-14(10-12-15)19-16-7-4-8-17-21-18(22-23(16)17)20-13-5-2-1-3-6-13/h1-8,14-15,19,24H,9-12H2,(H,20,22)/t14-,15+. The number of aliphatic hydroxyl groups is 1. The number of anilines is 3. The van der Waals surface area contributed by atoms with Gasteiger partial charge in [-0.15, -0.1) is 5.10 Å². The minimum atomic E-state index is -0.146. The van der Waals surface area contributed by atoms with Crippen molar-refractivity contribution in [1.82, 2.24) is 14.6 Å². The van der Waals surface area contributed by atoms with Crippen molar-refractivity contribution in [3.8, 4) is 0 Å². The summed E-state index contributed by atoms with van der Waals surface area (Å²) in [5.41, 5.74) is 1.76. The summed E-state index contributed by atoms with van der Waals surface area (Å²) in [6.45, 7) is 0. The van der Waals surface area contributed by atoms with Crippen LogP contribution in [-0.4, -0.2) is 31.9 Å². The van der Waals surface area contributed by atoms with Gasteiger partial charge in [-0.3, -0.25) is 0 Å². The van der Waals surface area contributed by atoms with Crippen LogP contribution in [0.2, 0.25) is 0 Å². The molecule has 0 saturated heterocycles. The van der Waals surface area contributed by atoms with E-state index < -0.39 is 0 Å². The number of pyridine rings is 1. The third-order valence-electron chi connectivity index (χ3n) is 4.44. The van der Waals surface area contributed by atoms with Crippen LogP contribution in [0.1, 0.15) is 25.7 Å². The number of fused-ring (bicyclic) bond motifs is 1. The monoisotopic (exact) mass is 323 g/mol. The fourth-order valence-corrected chi connectivity index (χ4v) is 3.15. The van der Waals surface area contributed by atoms with Gasteiger partial charge >= 0.3 is 0 Å². The highest BCUT2D eigenvalue weighted by Crippen LogP contribution is 2.23. The minimum absolute atomic E-state index is 0.146. The van der Waals surface area contributed by atoms with Crippen LogP contribution in [0.15, 0.2) is 48.5 Å². The SMILES string of the molecule is O[C@H]1CC[C@@H](Nc2cccc3nc(Nc4ccccc4)nn23)CC1. The number of nitrogens with zero attached hydrogens (tertiary/aromatic N) is 3. The van der Waals surface area contributed by atoms with Crippen LogP contribution in [0.3, 0.4) is 0 Å². The van der Waals surface area contributed by atoms with E-state index in [1.165, 1.54) is 0 Å². The maximum Gasteiger partial charge on any atom is 0.247 e. The van der Waals surface area contributed by atoms with Gasteiger partial charge in [0.05, 0.1) is 6.10 Å². The number of benzene rings is 1. The van der Waals surface area contributed by atoms with Gasteiger partial charge in [-0.2, -0.15) is 9.50 Å². The summed E-state index contributed by atoms with van der Waals surface area (Å²) in [5.74, 6) is 1.51. The number of nitrogens with one attached hydrogen (secondary N) is 2.